The minimum Gasteiger partial charge on any atom is -0.324 e. The fraction of sp³-hybridized carbons (Fsp3) is 0.625. The molecule has 4 heteroatoms. The number of rotatable bonds is 4. The minimum atomic E-state index is 0.123. The first-order valence-corrected chi connectivity index (χ1v) is 8.22. The Morgan fingerprint density at radius 1 is 1.30 bits per heavy atom. The molecule has 0 radical (unpaired) electrons. The van der Waals surface area contributed by atoms with E-state index in [9.17, 15) is 0 Å². The van der Waals surface area contributed by atoms with E-state index in [1.807, 2.05) is 6.07 Å². The highest BCUT2D eigenvalue weighted by atomic mass is 79.9. The number of halogens is 1. The summed E-state index contributed by atoms with van der Waals surface area (Å²) in [6.45, 7) is 7.97. The van der Waals surface area contributed by atoms with Crippen molar-refractivity contribution in [3.63, 3.8) is 0 Å². The van der Waals surface area contributed by atoms with Crippen molar-refractivity contribution in [1.82, 2.24) is 9.80 Å². The number of piperazine rings is 1. The van der Waals surface area contributed by atoms with Crippen molar-refractivity contribution >= 4 is 15.9 Å². The van der Waals surface area contributed by atoms with Crippen LogP contribution in [0.5, 0.6) is 0 Å². The third kappa shape index (κ3) is 4.04. The summed E-state index contributed by atoms with van der Waals surface area (Å²) in [5, 5.41) is 0. The fourth-order valence-corrected chi connectivity index (χ4v) is 3.34. The third-order valence-electron chi connectivity index (χ3n) is 4.47. The molecule has 0 amide bonds. The van der Waals surface area contributed by atoms with Gasteiger partial charge in [0.25, 0.3) is 0 Å². The second-order valence-corrected chi connectivity index (χ2v) is 6.99. The average molecular weight is 340 g/mol. The maximum absolute atomic E-state index is 6.32. The second kappa shape index (κ2) is 7.03. The summed E-state index contributed by atoms with van der Waals surface area (Å²) in [5.41, 5.74) is 7.54. The third-order valence-corrected chi connectivity index (χ3v) is 4.96. The van der Waals surface area contributed by atoms with E-state index < -0.39 is 0 Å². The summed E-state index contributed by atoms with van der Waals surface area (Å²) in [6, 6.07) is 9.71. The normalized spacial score (nSPS) is 26.6. The minimum absolute atomic E-state index is 0.123. The van der Waals surface area contributed by atoms with Crippen LogP contribution in [0.3, 0.4) is 0 Å². The predicted octanol–water partition coefficient (Wildman–Crippen LogP) is 2.86. The predicted molar refractivity (Wildman–Crippen MR) is 88.8 cm³/mol. The summed E-state index contributed by atoms with van der Waals surface area (Å²) < 4.78 is 1.10. The Kier molecular flexibility index (Phi) is 5.61. The van der Waals surface area contributed by atoms with Gasteiger partial charge in [0, 0.05) is 42.2 Å². The SMILES string of the molecule is CC1CN(CCC(N)c2cccc(Br)c2)CC(C)N1C. The molecule has 1 heterocycles. The largest absolute Gasteiger partial charge is 0.324 e. The number of nitrogens with zero attached hydrogens (tertiary/aromatic N) is 2. The van der Waals surface area contributed by atoms with Gasteiger partial charge in [0.05, 0.1) is 0 Å². The molecule has 0 aliphatic carbocycles. The molecule has 20 heavy (non-hydrogen) atoms. The lowest BCUT2D eigenvalue weighted by molar-refractivity contribution is 0.0584. The summed E-state index contributed by atoms with van der Waals surface area (Å²) in [4.78, 5) is 5.01. The van der Waals surface area contributed by atoms with Crippen LogP contribution in [0, 0.1) is 0 Å². The first-order chi connectivity index (χ1) is 9.47. The molecule has 0 bridgehead atoms. The highest BCUT2D eigenvalue weighted by Crippen LogP contribution is 2.20. The van der Waals surface area contributed by atoms with Gasteiger partial charge in [-0.3, -0.25) is 4.90 Å². The van der Waals surface area contributed by atoms with Crippen LogP contribution in [0.25, 0.3) is 0 Å². The highest BCUT2D eigenvalue weighted by Gasteiger charge is 2.26. The molecular weight excluding hydrogens is 314 g/mol. The Bertz CT molecular complexity index is 425. The van der Waals surface area contributed by atoms with E-state index in [4.69, 9.17) is 5.73 Å². The molecule has 3 unspecified atom stereocenters. The first kappa shape index (κ1) is 16.0. The van der Waals surface area contributed by atoms with Crippen molar-refractivity contribution in [2.75, 3.05) is 26.7 Å². The molecule has 1 fully saturated rings. The average Bonchev–Trinajstić information content (AvgIpc) is 2.42. The molecule has 2 rings (SSSR count). The zero-order valence-electron chi connectivity index (χ0n) is 12.7. The van der Waals surface area contributed by atoms with Gasteiger partial charge in [0.15, 0.2) is 0 Å². The highest BCUT2D eigenvalue weighted by molar-refractivity contribution is 9.10. The quantitative estimate of drug-likeness (QED) is 0.915. The zero-order chi connectivity index (χ0) is 14.7. The molecule has 0 spiro atoms. The van der Waals surface area contributed by atoms with E-state index in [0.29, 0.717) is 12.1 Å². The van der Waals surface area contributed by atoms with Crippen LogP contribution >= 0.6 is 15.9 Å². The molecule has 0 saturated carbocycles. The molecular formula is C16H26BrN3. The Hall–Kier alpha value is -0.420. The van der Waals surface area contributed by atoms with Gasteiger partial charge in [-0.05, 0) is 45.0 Å². The lowest BCUT2D eigenvalue weighted by Gasteiger charge is -2.42. The Labute approximate surface area is 131 Å². The van der Waals surface area contributed by atoms with Crippen molar-refractivity contribution in [3.8, 4) is 0 Å². The number of benzene rings is 1. The van der Waals surface area contributed by atoms with Gasteiger partial charge in [0.2, 0.25) is 0 Å². The van der Waals surface area contributed by atoms with E-state index >= 15 is 0 Å². The van der Waals surface area contributed by atoms with Crippen molar-refractivity contribution < 1.29 is 0 Å². The van der Waals surface area contributed by atoms with Gasteiger partial charge in [0.1, 0.15) is 0 Å². The van der Waals surface area contributed by atoms with Gasteiger partial charge >= 0.3 is 0 Å². The summed E-state index contributed by atoms with van der Waals surface area (Å²) >= 11 is 3.51. The second-order valence-electron chi connectivity index (χ2n) is 6.07. The topological polar surface area (TPSA) is 32.5 Å². The smallest absolute Gasteiger partial charge is 0.0307 e. The maximum Gasteiger partial charge on any atom is 0.0307 e. The number of nitrogens with two attached hydrogens (primary N) is 1. The molecule has 112 valence electrons. The summed E-state index contributed by atoms with van der Waals surface area (Å²) in [7, 11) is 2.22. The molecule has 1 saturated heterocycles. The monoisotopic (exact) mass is 339 g/mol. The number of hydrogen-bond acceptors (Lipinski definition) is 3. The summed E-state index contributed by atoms with van der Waals surface area (Å²) in [5.74, 6) is 0. The van der Waals surface area contributed by atoms with Crippen molar-refractivity contribution in [2.45, 2.75) is 38.4 Å². The van der Waals surface area contributed by atoms with Crippen LogP contribution in [0.1, 0.15) is 31.9 Å². The number of hydrogen-bond donors (Lipinski definition) is 1. The standard InChI is InChI=1S/C16H26BrN3/c1-12-10-20(11-13(2)19(12)3)8-7-16(18)14-5-4-6-15(17)9-14/h4-6,9,12-13,16H,7-8,10-11,18H2,1-3H3. The van der Waals surface area contributed by atoms with Crippen LogP contribution in [-0.2, 0) is 0 Å². The van der Waals surface area contributed by atoms with E-state index in [2.05, 4.69) is 64.8 Å². The van der Waals surface area contributed by atoms with Crippen LogP contribution in [0.4, 0.5) is 0 Å². The molecule has 1 aromatic rings. The van der Waals surface area contributed by atoms with E-state index in [1.165, 1.54) is 5.56 Å². The van der Waals surface area contributed by atoms with Gasteiger partial charge < -0.3 is 10.6 Å². The number of likely N-dealkylation sites (N-methyl/N-ethyl adjacent to an activating group) is 1. The Morgan fingerprint density at radius 3 is 2.55 bits per heavy atom. The van der Waals surface area contributed by atoms with E-state index in [1.54, 1.807) is 0 Å². The first-order valence-electron chi connectivity index (χ1n) is 7.42. The van der Waals surface area contributed by atoms with Crippen LogP contribution < -0.4 is 5.73 Å². The molecule has 3 atom stereocenters. The van der Waals surface area contributed by atoms with Gasteiger partial charge in [-0.15, -0.1) is 0 Å². The summed E-state index contributed by atoms with van der Waals surface area (Å²) in [6.07, 6.45) is 1.01. The Balaban J connectivity index is 1.86. The molecule has 3 nitrogen and oxygen atoms in total. The van der Waals surface area contributed by atoms with E-state index in [0.717, 1.165) is 30.5 Å². The van der Waals surface area contributed by atoms with Gasteiger partial charge in [-0.1, -0.05) is 28.1 Å². The molecule has 1 aliphatic rings. The van der Waals surface area contributed by atoms with Crippen LogP contribution in [0.2, 0.25) is 0 Å². The molecule has 1 aromatic carbocycles. The molecule has 1 aliphatic heterocycles. The van der Waals surface area contributed by atoms with Crippen LogP contribution in [0.15, 0.2) is 28.7 Å². The molecule has 0 aromatic heterocycles. The van der Waals surface area contributed by atoms with Gasteiger partial charge in [-0.25, -0.2) is 0 Å². The zero-order valence-corrected chi connectivity index (χ0v) is 14.3. The van der Waals surface area contributed by atoms with Crippen molar-refractivity contribution in [2.24, 2.45) is 5.73 Å². The van der Waals surface area contributed by atoms with Crippen molar-refractivity contribution in [1.29, 1.82) is 0 Å². The van der Waals surface area contributed by atoms with Gasteiger partial charge in [-0.2, -0.15) is 0 Å². The lowest BCUT2D eigenvalue weighted by Crippen LogP contribution is -2.55. The Morgan fingerprint density at radius 2 is 1.95 bits per heavy atom. The fourth-order valence-electron chi connectivity index (χ4n) is 2.92. The maximum atomic E-state index is 6.32. The van der Waals surface area contributed by atoms with Crippen LogP contribution in [-0.4, -0.2) is 48.6 Å². The lowest BCUT2D eigenvalue weighted by atomic mass is 10.0. The van der Waals surface area contributed by atoms with Crippen molar-refractivity contribution in [3.05, 3.63) is 34.3 Å². The van der Waals surface area contributed by atoms with E-state index in [-0.39, 0.29) is 6.04 Å². The molecule has 2 N–H and O–H groups in total.